The van der Waals surface area contributed by atoms with Gasteiger partial charge in [-0.3, -0.25) is 9.69 Å². The van der Waals surface area contributed by atoms with Gasteiger partial charge in [0, 0.05) is 5.69 Å². The van der Waals surface area contributed by atoms with Crippen molar-refractivity contribution in [2.24, 2.45) is 0 Å². The molecular formula is C33H30F3NO4. The van der Waals surface area contributed by atoms with E-state index in [1.807, 2.05) is 54.6 Å². The Morgan fingerprint density at radius 1 is 0.707 bits per heavy atom. The first kappa shape index (κ1) is 29.4. The lowest BCUT2D eigenvalue weighted by molar-refractivity contribution is -0.274. The second-order valence-corrected chi connectivity index (χ2v) is 10.5. The highest BCUT2D eigenvalue weighted by Crippen LogP contribution is 2.36. The summed E-state index contributed by atoms with van der Waals surface area (Å²) >= 11 is 0. The molecule has 5 nitrogen and oxygen atoms in total. The molecule has 8 heteroatoms. The van der Waals surface area contributed by atoms with Gasteiger partial charge in [0.25, 0.3) is 0 Å². The van der Waals surface area contributed by atoms with Crippen molar-refractivity contribution in [2.45, 2.75) is 38.6 Å². The number of carbonyl (C=O) groups is 2. The van der Waals surface area contributed by atoms with Crippen molar-refractivity contribution in [3.8, 4) is 16.9 Å². The minimum absolute atomic E-state index is 0.0742. The van der Waals surface area contributed by atoms with Crippen LogP contribution in [0.1, 0.15) is 43.5 Å². The van der Waals surface area contributed by atoms with Gasteiger partial charge < -0.3 is 9.47 Å². The Morgan fingerprint density at radius 2 is 1.22 bits per heavy atom. The molecule has 4 rings (SSSR count). The lowest BCUT2D eigenvalue weighted by Crippen LogP contribution is -2.40. The third kappa shape index (κ3) is 7.14. The highest BCUT2D eigenvalue weighted by molar-refractivity contribution is 6.38. The van der Waals surface area contributed by atoms with Crippen molar-refractivity contribution in [1.82, 2.24) is 0 Å². The zero-order chi connectivity index (χ0) is 29.8. The summed E-state index contributed by atoms with van der Waals surface area (Å²) in [6, 6.07) is 29.0. The Kier molecular flexibility index (Phi) is 8.52. The molecule has 4 aromatic rings. The van der Waals surface area contributed by atoms with E-state index in [0.29, 0.717) is 16.8 Å². The molecule has 1 atom stereocenters. The average molecular weight is 562 g/mol. The van der Waals surface area contributed by atoms with E-state index in [1.54, 1.807) is 24.3 Å². The minimum atomic E-state index is -4.78. The topological polar surface area (TPSA) is 55.8 Å². The molecule has 1 unspecified atom stereocenters. The largest absolute Gasteiger partial charge is 0.573 e. The summed E-state index contributed by atoms with van der Waals surface area (Å²) in [5, 5.41) is 0. The summed E-state index contributed by atoms with van der Waals surface area (Å²) in [5.41, 5.74) is 4.42. The maximum absolute atomic E-state index is 13.5. The van der Waals surface area contributed by atoms with Gasteiger partial charge in [0.15, 0.2) is 0 Å². The van der Waals surface area contributed by atoms with Gasteiger partial charge in [-0.1, -0.05) is 99.6 Å². The molecule has 0 fully saturated rings. The van der Waals surface area contributed by atoms with Crippen LogP contribution in [0.15, 0.2) is 103 Å². The van der Waals surface area contributed by atoms with Crippen molar-refractivity contribution in [2.75, 3.05) is 12.0 Å². The number of alkyl halides is 3. The molecule has 1 amide bonds. The quantitative estimate of drug-likeness (QED) is 0.178. The lowest BCUT2D eigenvalue weighted by atomic mass is 9.85. The molecule has 0 aliphatic heterocycles. The molecule has 0 aliphatic carbocycles. The number of hydrogen-bond acceptors (Lipinski definition) is 4. The predicted molar refractivity (Wildman–Crippen MR) is 151 cm³/mol. The van der Waals surface area contributed by atoms with E-state index in [1.165, 1.54) is 29.2 Å². The lowest BCUT2D eigenvalue weighted by Gasteiger charge is -2.32. The first-order valence-electron chi connectivity index (χ1n) is 12.9. The zero-order valence-electron chi connectivity index (χ0n) is 23.1. The number of carbonyl (C=O) groups excluding carboxylic acids is 2. The summed E-state index contributed by atoms with van der Waals surface area (Å²) in [7, 11) is 1.16. The van der Waals surface area contributed by atoms with Crippen molar-refractivity contribution < 1.29 is 32.2 Å². The molecule has 0 radical (unpaired) electrons. The Bertz CT molecular complexity index is 1480. The van der Waals surface area contributed by atoms with E-state index in [9.17, 15) is 22.8 Å². The standard InChI is InChI=1S/C33H30F3NO4/c1-32(2,3)26-16-10-25(11-17-26)29(24-8-6-5-7-9-24)37(30(38)31(39)40-4)27-18-12-22(13-19-27)23-14-20-28(21-15-23)41-33(34,35)36/h5-21,29H,1-4H3. The van der Waals surface area contributed by atoms with Gasteiger partial charge in [0.2, 0.25) is 0 Å². The molecule has 0 saturated carbocycles. The zero-order valence-corrected chi connectivity index (χ0v) is 23.1. The Morgan fingerprint density at radius 3 is 1.71 bits per heavy atom. The molecule has 212 valence electrons. The third-order valence-corrected chi connectivity index (χ3v) is 6.61. The van der Waals surface area contributed by atoms with Crippen LogP contribution in [0.3, 0.4) is 0 Å². The Balaban J connectivity index is 1.77. The molecule has 0 aliphatic rings. The third-order valence-electron chi connectivity index (χ3n) is 6.61. The number of methoxy groups -OCH3 is 1. The van der Waals surface area contributed by atoms with E-state index in [4.69, 9.17) is 4.74 Å². The van der Waals surface area contributed by atoms with Crippen molar-refractivity contribution in [3.05, 3.63) is 120 Å². The number of rotatable bonds is 6. The molecule has 0 saturated heterocycles. The fraction of sp³-hybridized carbons (Fsp3) is 0.212. The van der Waals surface area contributed by atoms with E-state index in [-0.39, 0.29) is 11.2 Å². The molecule has 0 N–H and O–H groups in total. The van der Waals surface area contributed by atoms with Crippen LogP contribution in [0.2, 0.25) is 0 Å². The van der Waals surface area contributed by atoms with E-state index >= 15 is 0 Å². The molecular weight excluding hydrogens is 531 g/mol. The maximum atomic E-state index is 13.5. The molecule has 0 heterocycles. The second-order valence-electron chi connectivity index (χ2n) is 10.5. The summed E-state index contributed by atoms with van der Waals surface area (Å²) in [4.78, 5) is 27.5. The number of benzene rings is 4. The first-order valence-corrected chi connectivity index (χ1v) is 12.9. The van der Waals surface area contributed by atoms with Crippen molar-refractivity contribution in [1.29, 1.82) is 0 Å². The smallest absolute Gasteiger partial charge is 0.462 e. The fourth-order valence-corrected chi connectivity index (χ4v) is 4.52. The number of nitrogens with zero attached hydrogens (tertiary/aromatic N) is 1. The molecule has 0 bridgehead atoms. The van der Waals surface area contributed by atoms with Crippen LogP contribution < -0.4 is 9.64 Å². The summed E-state index contributed by atoms with van der Waals surface area (Å²) in [6.45, 7) is 6.34. The Hall–Kier alpha value is -4.59. The first-order chi connectivity index (χ1) is 19.4. The normalized spacial score (nSPS) is 12.4. The molecule has 4 aromatic carbocycles. The monoisotopic (exact) mass is 561 g/mol. The number of hydrogen-bond donors (Lipinski definition) is 0. The summed E-state index contributed by atoms with van der Waals surface area (Å²) in [6.07, 6.45) is -4.78. The van der Waals surface area contributed by atoms with Crippen LogP contribution in [-0.4, -0.2) is 25.3 Å². The molecule has 41 heavy (non-hydrogen) atoms. The van der Waals surface area contributed by atoms with Crippen molar-refractivity contribution >= 4 is 17.6 Å². The van der Waals surface area contributed by atoms with Crippen LogP contribution in [0.25, 0.3) is 11.1 Å². The minimum Gasteiger partial charge on any atom is -0.462 e. The van der Waals surface area contributed by atoms with E-state index < -0.39 is 24.3 Å². The Labute approximate surface area is 237 Å². The van der Waals surface area contributed by atoms with Crippen LogP contribution in [0, 0.1) is 0 Å². The summed E-state index contributed by atoms with van der Waals surface area (Å²) < 4.78 is 46.4. The number of amides is 1. The van der Waals surface area contributed by atoms with Crippen LogP contribution >= 0.6 is 0 Å². The predicted octanol–water partition coefficient (Wildman–Crippen LogP) is 7.85. The van der Waals surface area contributed by atoms with Crippen molar-refractivity contribution in [3.63, 3.8) is 0 Å². The van der Waals surface area contributed by atoms with Crippen LogP contribution in [-0.2, 0) is 19.7 Å². The SMILES string of the molecule is COC(=O)C(=O)N(c1ccc(-c2ccc(OC(F)(F)F)cc2)cc1)C(c1ccccc1)c1ccc(C(C)(C)C)cc1. The second kappa shape index (κ2) is 11.9. The van der Waals surface area contributed by atoms with Crippen LogP contribution in [0.5, 0.6) is 5.75 Å². The highest BCUT2D eigenvalue weighted by atomic mass is 19.4. The van der Waals surface area contributed by atoms with E-state index in [0.717, 1.165) is 23.8 Å². The highest BCUT2D eigenvalue weighted by Gasteiger charge is 2.33. The molecule has 0 spiro atoms. The van der Waals surface area contributed by atoms with Gasteiger partial charge >= 0.3 is 18.2 Å². The average Bonchev–Trinajstić information content (AvgIpc) is 2.95. The maximum Gasteiger partial charge on any atom is 0.573 e. The summed E-state index contributed by atoms with van der Waals surface area (Å²) in [5.74, 6) is -2.18. The number of esters is 1. The molecule has 0 aromatic heterocycles. The number of ether oxygens (including phenoxy) is 2. The number of anilines is 1. The van der Waals surface area contributed by atoms with Gasteiger partial charge in [-0.2, -0.15) is 0 Å². The van der Waals surface area contributed by atoms with Gasteiger partial charge in [0.05, 0.1) is 13.2 Å². The number of halogens is 3. The van der Waals surface area contributed by atoms with Gasteiger partial charge in [0.1, 0.15) is 5.75 Å². The fourth-order valence-electron chi connectivity index (χ4n) is 4.52. The van der Waals surface area contributed by atoms with Gasteiger partial charge in [-0.25, -0.2) is 4.79 Å². The van der Waals surface area contributed by atoms with Gasteiger partial charge in [-0.15, -0.1) is 13.2 Å². The van der Waals surface area contributed by atoms with Gasteiger partial charge in [-0.05, 0) is 57.5 Å². The van der Waals surface area contributed by atoms with E-state index in [2.05, 4.69) is 25.5 Å². The van der Waals surface area contributed by atoms with Crippen LogP contribution in [0.4, 0.5) is 18.9 Å².